The van der Waals surface area contributed by atoms with Crippen molar-refractivity contribution in [3.8, 4) is 5.82 Å². The van der Waals surface area contributed by atoms with Crippen molar-refractivity contribution in [1.82, 2.24) is 14.5 Å². The number of hydrogen-bond donors (Lipinski definition) is 1. The first-order valence-electron chi connectivity index (χ1n) is 7.27. The van der Waals surface area contributed by atoms with E-state index in [-0.39, 0.29) is 5.91 Å². The van der Waals surface area contributed by atoms with E-state index in [2.05, 4.69) is 15.3 Å². The first kappa shape index (κ1) is 16.5. The standard InChI is InChI=1S/C17H15ClN4OS/c18-14-3-1-13(2-4-14)10-24-11-17(23)21-15-5-6-16(20-9-15)22-8-7-19-12-22/h1-9,12H,10-11H2,(H,21,23). The van der Waals surface area contributed by atoms with Gasteiger partial charge < -0.3 is 5.32 Å². The highest BCUT2D eigenvalue weighted by Gasteiger charge is 2.04. The Morgan fingerprint density at radius 1 is 1.21 bits per heavy atom. The monoisotopic (exact) mass is 358 g/mol. The second kappa shape index (κ2) is 7.99. The van der Waals surface area contributed by atoms with E-state index in [9.17, 15) is 4.79 Å². The number of nitrogens with zero attached hydrogens (tertiary/aromatic N) is 3. The summed E-state index contributed by atoms with van der Waals surface area (Å²) in [6.07, 6.45) is 6.81. The molecule has 3 rings (SSSR count). The second-order valence-corrected chi connectivity index (χ2v) is 6.46. The topological polar surface area (TPSA) is 59.8 Å². The molecule has 5 nitrogen and oxygen atoms in total. The maximum atomic E-state index is 12.0. The Kier molecular flexibility index (Phi) is 5.51. The third-order valence-corrected chi connectivity index (χ3v) is 4.47. The molecular formula is C17H15ClN4OS. The molecule has 0 radical (unpaired) electrons. The van der Waals surface area contributed by atoms with Crippen LogP contribution in [0.25, 0.3) is 5.82 Å². The smallest absolute Gasteiger partial charge is 0.234 e. The van der Waals surface area contributed by atoms with Gasteiger partial charge in [0.15, 0.2) is 0 Å². The van der Waals surface area contributed by atoms with Crippen molar-refractivity contribution < 1.29 is 4.79 Å². The SMILES string of the molecule is O=C(CSCc1ccc(Cl)cc1)Nc1ccc(-n2ccnc2)nc1. The van der Waals surface area contributed by atoms with Crippen LogP contribution in [0.2, 0.25) is 5.02 Å². The third-order valence-electron chi connectivity index (χ3n) is 3.22. The number of halogens is 1. The molecule has 0 atom stereocenters. The molecule has 1 aromatic carbocycles. The second-order valence-electron chi connectivity index (χ2n) is 5.04. The summed E-state index contributed by atoms with van der Waals surface area (Å²) in [5.74, 6) is 1.85. The Balaban J connectivity index is 1.47. The molecule has 0 aliphatic carbocycles. The fourth-order valence-electron chi connectivity index (χ4n) is 2.05. The van der Waals surface area contributed by atoms with Gasteiger partial charge in [0.05, 0.1) is 17.6 Å². The summed E-state index contributed by atoms with van der Waals surface area (Å²) < 4.78 is 1.80. The van der Waals surface area contributed by atoms with Crippen LogP contribution in [0, 0.1) is 0 Å². The minimum Gasteiger partial charge on any atom is -0.324 e. The summed E-state index contributed by atoms with van der Waals surface area (Å²) in [4.78, 5) is 20.2. The Morgan fingerprint density at radius 3 is 2.71 bits per heavy atom. The van der Waals surface area contributed by atoms with Crippen molar-refractivity contribution in [2.75, 3.05) is 11.1 Å². The lowest BCUT2D eigenvalue weighted by Crippen LogP contribution is -2.14. The zero-order valence-corrected chi connectivity index (χ0v) is 14.3. The molecule has 0 fully saturated rings. The molecule has 24 heavy (non-hydrogen) atoms. The molecule has 1 N–H and O–H groups in total. The van der Waals surface area contributed by atoms with Crippen LogP contribution in [0.5, 0.6) is 0 Å². The number of anilines is 1. The number of benzene rings is 1. The molecule has 2 heterocycles. The molecule has 0 aliphatic rings. The van der Waals surface area contributed by atoms with Crippen LogP contribution in [0.1, 0.15) is 5.56 Å². The number of thioether (sulfide) groups is 1. The molecule has 0 bridgehead atoms. The zero-order chi connectivity index (χ0) is 16.8. The van der Waals surface area contributed by atoms with Crippen LogP contribution in [-0.4, -0.2) is 26.2 Å². The maximum absolute atomic E-state index is 12.0. The lowest BCUT2D eigenvalue weighted by atomic mass is 10.2. The first-order valence-corrected chi connectivity index (χ1v) is 8.80. The molecular weight excluding hydrogens is 344 g/mol. The number of pyridine rings is 1. The molecule has 0 aliphatic heterocycles. The number of rotatable bonds is 6. The van der Waals surface area contributed by atoms with E-state index in [1.807, 2.05) is 42.6 Å². The van der Waals surface area contributed by atoms with Gasteiger partial charge in [0.1, 0.15) is 12.1 Å². The first-order chi connectivity index (χ1) is 11.7. The van der Waals surface area contributed by atoms with E-state index in [1.165, 1.54) is 0 Å². The van der Waals surface area contributed by atoms with Crippen molar-refractivity contribution in [2.24, 2.45) is 0 Å². The highest BCUT2D eigenvalue weighted by atomic mass is 35.5. The summed E-state index contributed by atoms with van der Waals surface area (Å²) in [5.41, 5.74) is 1.82. The molecule has 122 valence electrons. The van der Waals surface area contributed by atoms with Crippen LogP contribution in [0.15, 0.2) is 61.3 Å². The number of carbonyl (C=O) groups excluding carboxylic acids is 1. The molecule has 2 aromatic heterocycles. The van der Waals surface area contributed by atoms with Gasteiger partial charge in [0, 0.05) is 23.2 Å². The van der Waals surface area contributed by atoms with Crippen LogP contribution >= 0.6 is 23.4 Å². The van der Waals surface area contributed by atoms with Crippen LogP contribution in [0.4, 0.5) is 5.69 Å². The Morgan fingerprint density at radius 2 is 2.04 bits per heavy atom. The molecule has 3 aromatic rings. The minimum atomic E-state index is -0.0499. The minimum absolute atomic E-state index is 0.0499. The fourth-order valence-corrected chi connectivity index (χ4v) is 2.96. The summed E-state index contributed by atoms with van der Waals surface area (Å²) in [5, 5.41) is 3.56. The van der Waals surface area contributed by atoms with Crippen molar-refractivity contribution in [1.29, 1.82) is 0 Å². The van der Waals surface area contributed by atoms with Gasteiger partial charge in [-0.05, 0) is 29.8 Å². The largest absolute Gasteiger partial charge is 0.324 e. The van der Waals surface area contributed by atoms with Crippen molar-refractivity contribution >= 4 is 35.0 Å². The fraction of sp³-hybridized carbons (Fsp3) is 0.118. The molecule has 0 saturated heterocycles. The van der Waals surface area contributed by atoms with Gasteiger partial charge in [0.25, 0.3) is 0 Å². The van der Waals surface area contributed by atoms with Gasteiger partial charge >= 0.3 is 0 Å². The summed E-state index contributed by atoms with van der Waals surface area (Å²) >= 11 is 7.40. The predicted octanol–water partition coefficient (Wildman–Crippen LogP) is 3.79. The van der Waals surface area contributed by atoms with Crippen LogP contribution < -0.4 is 5.32 Å². The average Bonchev–Trinajstić information content (AvgIpc) is 3.12. The molecule has 0 unspecified atom stereocenters. The van der Waals surface area contributed by atoms with E-state index in [1.54, 1.807) is 35.0 Å². The molecule has 0 spiro atoms. The Bertz CT molecular complexity index is 788. The summed E-state index contributed by atoms with van der Waals surface area (Å²) in [6, 6.07) is 11.3. The highest BCUT2D eigenvalue weighted by molar-refractivity contribution is 7.99. The maximum Gasteiger partial charge on any atom is 0.234 e. The van der Waals surface area contributed by atoms with E-state index < -0.39 is 0 Å². The lowest BCUT2D eigenvalue weighted by molar-refractivity contribution is -0.113. The number of imidazole rings is 1. The lowest BCUT2D eigenvalue weighted by Gasteiger charge is -2.06. The van der Waals surface area contributed by atoms with E-state index >= 15 is 0 Å². The van der Waals surface area contributed by atoms with Gasteiger partial charge in [-0.25, -0.2) is 9.97 Å². The zero-order valence-electron chi connectivity index (χ0n) is 12.7. The van der Waals surface area contributed by atoms with E-state index in [4.69, 9.17) is 11.6 Å². The van der Waals surface area contributed by atoms with Gasteiger partial charge in [0.2, 0.25) is 5.91 Å². The number of hydrogen-bond acceptors (Lipinski definition) is 4. The Labute approximate surface area is 149 Å². The van der Waals surface area contributed by atoms with Gasteiger partial charge in [-0.3, -0.25) is 9.36 Å². The Hall–Kier alpha value is -2.31. The summed E-state index contributed by atoms with van der Waals surface area (Å²) in [6.45, 7) is 0. The van der Waals surface area contributed by atoms with E-state index in [0.29, 0.717) is 16.5 Å². The number of nitrogens with one attached hydrogen (secondary N) is 1. The number of amides is 1. The molecule has 7 heteroatoms. The number of aromatic nitrogens is 3. The third kappa shape index (κ3) is 4.59. The molecule has 0 saturated carbocycles. The normalized spacial score (nSPS) is 10.5. The van der Waals surface area contributed by atoms with E-state index in [0.717, 1.165) is 17.1 Å². The van der Waals surface area contributed by atoms with Crippen molar-refractivity contribution in [2.45, 2.75) is 5.75 Å². The quantitative estimate of drug-likeness (QED) is 0.728. The summed E-state index contributed by atoms with van der Waals surface area (Å²) in [7, 11) is 0. The van der Waals surface area contributed by atoms with Gasteiger partial charge in [-0.2, -0.15) is 0 Å². The van der Waals surface area contributed by atoms with Crippen molar-refractivity contribution in [3.63, 3.8) is 0 Å². The number of carbonyl (C=O) groups is 1. The highest BCUT2D eigenvalue weighted by Crippen LogP contribution is 2.16. The van der Waals surface area contributed by atoms with Crippen LogP contribution in [0.3, 0.4) is 0 Å². The van der Waals surface area contributed by atoms with Gasteiger partial charge in [-0.15, -0.1) is 11.8 Å². The van der Waals surface area contributed by atoms with Gasteiger partial charge in [-0.1, -0.05) is 23.7 Å². The van der Waals surface area contributed by atoms with Crippen molar-refractivity contribution in [3.05, 3.63) is 71.9 Å². The van der Waals surface area contributed by atoms with Crippen LogP contribution in [-0.2, 0) is 10.5 Å². The average molecular weight is 359 g/mol. The predicted molar refractivity (Wildman–Crippen MR) is 97.6 cm³/mol. The molecule has 1 amide bonds.